The molecule has 1 aromatic heterocycles. The highest BCUT2D eigenvalue weighted by Gasteiger charge is 2.30. The third kappa shape index (κ3) is 2.61. The van der Waals surface area contributed by atoms with Gasteiger partial charge in [-0.3, -0.25) is 9.89 Å². The molecular weight excluding hydrogens is 271 g/mol. The van der Waals surface area contributed by atoms with Gasteiger partial charge in [-0.1, -0.05) is 18.2 Å². The number of nitrogens with two attached hydrogens (primary N) is 1. The lowest BCUT2D eigenvalue weighted by Gasteiger charge is -2.14. The first kappa shape index (κ1) is 13.6. The normalized spacial score (nSPS) is 15.7. The third-order valence-corrected chi connectivity index (χ3v) is 3.75. The fourth-order valence-electron chi connectivity index (χ4n) is 2.39. The molecule has 1 aliphatic carbocycles. The van der Waals surface area contributed by atoms with E-state index >= 15 is 0 Å². The lowest BCUT2D eigenvalue weighted by atomic mass is 10.1. The molecule has 1 unspecified atom stereocenters. The van der Waals surface area contributed by atoms with Gasteiger partial charge in [0.05, 0.1) is 17.4 Å². The summed E-state index contributed by atoms with van der Waals surface area (Å²) >= 11 is 0. The number of hydrogen-bond donors (Lipinski definition) is 3. The fraction of sp³-hybridized carbons (Fsp3) is 0.333. The van der Waals surface area contributed by atoms with Crippen molar-refractivity contribution >= 4 is 11.6 Å². The number of aromatic amines is 1. The van der Waals surface area contributed by atoms with E-state index in [9.17, 15) is 9.18 Å². The number of anilines is 1. The van der Waals surface area contributed by atoms with Crippen molar-refractivity contribution in [1.29, 1.82) is 0 Å². The van der Waals surface area contributed by atoms with Crippen LogP contribution in [0.1, 0.15) is 53.5 Å². The van der Waals surface area contributed by atoms with Crippen molar-refractivity contribution in [1.82, 2.24) is 15.5 Å². The minimum atomic E-state index is -0.459. The molecule has 21 heavy (non-hydrogen) atoms. The van der Waals surface area contributed by atoms with E-state index in [2.05, 4.69) is 15.5 Å². The van der Waals surface area contributed by atoms with Crippen LogP contribution >= 0.6 is 0 Å². The molecule has 1 fully saturated rings. The number of rotatable bonds is 4. The van der Waals surface area contributed by atoms with Crippen molar-refractivity contribution < 1.29 is 9.18 Å². The highest BCUT2D eigenvalue weighted by atomic mass is 19.1. The molecule has 0 aliphatic heterocycles. The van der Waals surface area contributed by atoms with E-state index in [1.165, 1.54) is 6.07 Å². The maximum absolute atomic E-state index is 13.7. The van der Waals surface area contributed by atoms with Crippen LogP contribution in [0.4, 0.5) is 10.1 Å². The summed E-state index contributed by atoms with van der Waals surface area (Å²) in [6.45, 7) is 1.72. The lowest BCUT2D eigenvalue weighted by molar-refractivity contribution is 0.0935. The quantitative estimate of drug-likeness (QED) is 0.808. The Bertz CT molecular complexity index is 678. The zero-order valence-corrected chi connectivity index (χ0v) is 11.7. The van der Waals surface area contributed by atoms with E-state index in [1.54, 1.807) is 25.1 Å². The van der Waals surface area contributed by atoms with Gasteiger partial charge in [-0.25, -0.2) is 4.39 Å². The summed E-state index contributed by atoms with van der Waals surface area (Å²) in [6.07, 6.45) is 2.14. The van der Waals surface area contributed by atoms with Gasteiger partial charge in [-0.15, -0.1) is 0 Å². The average molecular weight is 288 g/mol. The van der Waals surface area contributed by atoms with E-state index in [0.29, 0.717) is 17.2 Å². The molecule has 1 heterocycles. The van der Waals surface area contributed by atoms with Gasteiger partial charge in [-0.2, -0.15) is 5.10 Å². The average Bonchev–Trinajstić information content (AvgIpc) is 3.22. The summed E-state index contributed by atoms with van der Waals surface area (Å²) in [5.74, 6) is -0.353. The number of nitrogens with zero attached hydrogens (tertiary/aromatic N) is 1. The number of carbonyl (C=O) groups excluding carboxylic acids is 1. The van der Waals surface area contributed by atoms with Crippen molar-refractivity contribution in [3.63, 3.8) is 0 Å². The molecule has 0 spiro atoms. The Morgan fingerprint density at radius 2 is 2.19 bits per heavy atom. The Balaban J connectivity index is 1.75. The monoisotopic (exact) mass is 288 g/mol. The van der Waals surface area contributed by atoms with Crippen LogP contribution in [0, 0.1) is 5.82 Å². The molecule has 1 saturated carbocycles. The second-order valence-electron chi connectivity index (χ2n) is 5.39. The zero-order valence-electron chi connectivity index (χ0n) is 11.7. The first-order valence-corrected chi connectivity index (χ1v) is 6.97. The van der Waals surface area contributed by atoms with Gasteiger partial charge in [0.2, 0.25) is 0 Å². The molecule has 1 amide bonds. The number of benzene rings is 1. The predicted molar refractivity (Wildman–Crippen MR) is 77.3 cm³/mol. The zero-order chi connectivity index (χ0) is 15.0. The van der Waals surface area contributed by atoms with Gasteiger partial charge in [0.1, 0.15) is 5.82 Å². The van der Waals surface area contributed by atoms with E-state index in [4.69, 9.17) is 5.73 Å². The topological polar surface area (TPSA) is 83.8 Å². The molecule has 0 radical (unpaired) electrons. The molecule has 0 bridgehead atoms. The summed E-state index contributed by atoms with van der Waals surface area (Å²) in [5.41, 5.74) is 7.81. The van der Waals surface area contributed by atoms with E-state index in [-0.39, 0.29) is 11.5 Å². The number of nitrogen functional groups attached to an aromatic ring is 1. The van der Waals surface area contributed by atoms with Crippen molar-refractivity contribution in [2.24, 2.45) is 0 Å². The summed E-state index contributed by atoms with van der Waals surface area (Å²) in [6, 6.07) is 5.89. The molecule has 6 heteroatoms. The number of carbonyl (C=O) groups is 1. The largest absolute Gasteiger partial charge is 0.395 e. The summed E-state index contributed by atoms with van der Waals surface area (Å²) in [4.78, 5) is 12.2. The molecular formula is C15H17FN4O. The van der Waals surface area contributed by atoms with Crippen LogP contribution in [0.5, 0.6) is 0 Å². The van der Waals surface area contributed by atoms with Crippen LogP contribution in [0.15, 0.2) is 24.3 Å². The van der Waals surface area contributed by atoms with Crippen molar-refractivity contribution in [3.05, 3.63) is 47.0 Å². The number of aromatic nitrogens is 2. The van der Waals surface area contributed by atoms with Crippen LogP contribution in [0.25, 0.3) is 0 Å². The third-order valence-electron chi connectivity index (χ3n) is 3.75. The van der Waals surface area contributed by atoms with Crippen LogP contribution < -0.4 is 11.1 Å². The summed E-state index contributed by atoms with van der Waals surface area (Å²) < 4.78 is 13.7. The standard InChI is InChI=1S/C15H17FN4O/c1-8(10-4-2-3-5-11(10)16)18-15(21)14-12(17)13(19-20-14)9-6-7-9/h2-5,8-9H,6-7,17H2,1H3,(H,18,21)(H,19,20). The minimum absolute atomic E-state index is 0.181. The molecule has 1 atom stereocenters. The van der Waals surface area contributed by atoms with Crippen LogP contribution in [0.3, 0.4) is 0 Å². The van der Waals surface area contributed by atoms with E-state index < -0.39 is 11.9 Å². The molecule has 2 aromatic rings. The minimum Gasteiger partial charge on any atom is -0.395 e. The SMILES string of the molecule is CC(NC(=O)c1n[nH]c(C2CC2)c1N)c1ccccc1F. The smallest absolute Gasteiger partial charge is 0.274 e. The lowest BCUT2D eigenvalue weighted by Crippen LogP contribution is -2.28. The van der Waals surface area contributed by atoms with Gasteiger partial charge in [0.25, 0.3) is 5.91 Å². The Morgan fingerprint density at radius 3 is 2.86 bits per heavy atom. The maximum Gasteiger partial charge on any atom is 0.274 e. The summed E-state index contributed by atoms with van der Waals surface area (Å²) in [5, 5.41) is 9.55. The molecule has 110 valence electrons. The van der Waals surface area contributed by atoms with Crippen molar-refractivity contribution in [3.8, 4) is 0 Å². The first-order chi connectivity index (χ1) is 10.1. The first-order valence-electron chi connectivity index (χ1n) is 6.97. The van der Waals surface area contributed by atoms with Crippen molar-refractivity contribution in [2.75, 3.05) is 5.73 Å². The highest BCUT2D eigenvalue weighted by molar-refractivity contribution is 5.98. The van der Waals surface area contributed by atoms with Crippen LogP contribution in [0.2, 0.25) is 0 Å². The van der Waals surface area contributed by atoms with E-state index in [0.717, 1.165) is 18.5 Å². The molecule has 5 nitrogen and oxygen atoms in total. The van der Waals surface area contributed by atoms with Gasteiger partial charge in [0.15, 0.2) is 5.69 Å². The number of nitrogens with one attached hydrogen (secondary N) is 2. The Morgan fingerprint density at radius 1 is 1.48 bits per heavy atom. The maximum atomic E-state index is 13.7. The highest BCUT2D eigenvalue weighted by Crippen LogP contribution is 2.42. The second kappa shape index (κ2) is 5.20. The van der Waals surface area contributed by atoms with Gasteiger partial charge < -0.3 is 11.1 Å². The molecule has 0 saturated heterocycles. The predicted octanol–water partition coefficient (Wildman–Crippen LogP) is 2.50. The van der Waals surface area contributed by atoms with Crippen LogP contribution in [-0.2, 0) is 0 Å². The van der Waals surface area contributed by atoms with E-state index in [1.807, 2.05) is 0 Å². The fourth-order valence-corrected chi connectivity index (χ4v) is 2.39. The number of hydrogen-bond acceptors (Lipinski definition) is 3. The number of amides is 1. The van der Waals surface area contributed by atoms with Gasteiger partial charge >= 0.3 is 0 Å². The molecule has 4 N–H and O–H groups in total. The molecule has 1 aliphatic rings. The molecule has 1 aromatic carbocycles. The molecule has 3 rings (SSSR count). The Hall–Kier alpha value is -2.37. The number of halogens is 1. The Labute approximate surface area is 121 Å². The van der Waals surface area contributed by atoms with Gasteiger partial charge in [0, 0.05) is 11.5 Å². The van der Waals surface area contributed by atoms with Gasteiger partial charge in [-0.05, 0) is 25.8 Å². The van der Waals surface area contributed by atoms with Crippen molar-refractivity contribution in [2.45, 2.75) is 31.7 Å². The Kier molecular flexibility index (Phi) is 3.37. The number of H-pyrrole nitrogens is 1. The van der Waals surface area contributed by atoms with Crippen LogP contribution in [-0.4, -0.2) is 16.1 Å². The second-order valence-corrected chi connectivity index (χ2v) is 5.39. The summed E-state index contributed by atoms with van der Waals surface area (Å²) in [7, 11) is 0.